The largest absolute Gasteiger partial charge is 0.466 e. The molecule has 1 heterocycles. The zero-order chi connectivity index (χ0) is 25.2. The van der Waals surface area contributed by atoms with E-state index in [0.717, 1.165) is 19.3 Å². The number of unbranched alkanes of at least 4 members (excludes halogenated alkanes) is 7. The fourth-order valence-corrected chi connectivity index (χ4v) is 3.89. The summed E-state index contributed by atoms with van der Waals surface area (Å²) in [7, 11) is 0. The minimum absolute atomic E-state index is 0.0522. The molecule has 1 rings (SSSR count). The molecule has 1 unspecified atom stereocenters. The van der Waals surface area contributed by atoms with Gasteiger partial charge in [0, 0.05) is 19.5 Å². The number of piperazine rings is 1. The highest BCUT2D eigenvalue weighted by molar-refractivity contribution is 7.80. The summed E-state index contributed by atoms with van der Waals surface area (Å²) in [6, 6.07) is -0.845. The van der Waals surface area contributed by atoms with Crippen LogP contribution in [-0.4, -0.2) is 66.1 Å². The first kappa shape index (κ1) is 29.8. The van der Waals surface area contributed by atoms with E-state index in [-0.39, 0.29) is 30.3 Å². The zero-order valence-corrected chi connectivity index (χ0v) is 21.5. The summed E-state index contributed by atoms with van der Waals surface area (Å²) in [4.78, 5) is 49.9. The topological polar surface area (TPSA) is 114 Å². The number of hydrogen-bond donors (Lipinski definition) is 2. The van der Waals surface area contributed by atoms with Gasteiger partial charge in [-0.25, -0.2) is 0 Å². The number of esters is 2. The van der Waals surface area contributed by atoms with E-state index in [9.17, 15) is 19.2 Å². The summed E-state index contributed by atoms with van der Waals surface area (Å²) >= 11 is 5.30. The van der Waals surface area contributed by atoms with Crippen LogP contribution in [0.1, 0.15) is 90.9 Å². The zero-order valence-electron chi connectivity index (χ0n) is 20.7. The molecule has 1 atom stereocenters. The van der Waals surface area contributed by atoms with E-state index in [2.05, 4.69) is 17.6 Å². The summed E-state index contributed by atoms with van der Waals surface area (Å²) in [5.41, 5.74) is 0. The standard InChI is InChI=1S/C24H41N3O6S/c1-3-5-6-7-8-9-10-11-17-33-22(30)18-19-23(31)25-14-15-27(19)24(34)26-20(28)12-13-21(29)32-16-4-2/h19H,3-18H2,1-2H3,(H,25,31)(H,26,28,34). The molecule has 0 aromatic rings. The molecule has 0 radical (unpaired) electrons. The minimum Gasteiger partial charge on any atom is -0.466 e. The van der Waals surface area contributed by atoms with Crippen LogP contribution in [0.3, 0.4) is 0 Å². The van der Waals surface area contributed by atoms with Crippen molar-refractivity contribution in [2.24, 2.45) is 0 Å². The molecule has 2 N–H and O–H groups in total. The molecule has 0 bridgehead atoms. The van der Waals surface area contributed by atoms with Gasteiger partial charge in [-0.3, -0.25) is 19.2 Å². The number of carbonyl (C=O) groups excluding carboxylic acids is 4. The van der Waals surface area contributed by atoms with E-state index in [1.165, 1.54) is 37.0 Å². The first-order valence-electron chi connectivity index (χ1n) is 12.6. The van der Waals surface area contributed by atoms with Gasteiger partial charge < -0.3 is 25.0 Å². The second kappa shape index (κ2) is 18.1. The number of carbonyl (C=O) groups is 4. The Morgan fingerprint density at radius 3 is 2.26 bits per heavy atom. The van der Waals surface area contributed by atoms with Gasteiger partial charge in [-0.2, -0.15) is 0 Å². The van der Waals surface area contributed by atoms with E-state index >= 15 is 0 Å². The molecule has 0 aromatic carbocycles. The van der Waals surface area contributed by atoms with Gasteiger partial charge >= 0.3 is 11.9 Å². The SMILES string of the molecule is CCCCCCCCCCOC(=O)CC1C(=O)NCCN1C(=S)NC(=O)CCC(=O)OCCC. The number of nitrogens with zero attached hydrogens (tertiary/aromatic N) is 1. The van der Waals surface area contributed by atoms with E-state index in [4.69, 9.17) is 21.7 Å². The molecule has 1 saturated heterocycles. The Labute approximate surface area is 208 Å². The van der Waals surface area contributed by atoms with Crippen LogP contribution < -0.4 is 10.6 Å². The van der Waals surface area contributed by atoms with Crippen molar-refractivity contribution in [3.63, 3.8) is 0 Å². The number of amides is 2. The second-order valence-corrected chi connectivity index (χ2v) is 8.86. The van der Waals surface area contributed by atoms with Crippen molar-refractivity contribution < 1.29 is 28.7 Å². The Balaban J connectivity index is 2.37. The Morgan fingerprint density at radius 2 is 1.59 bits per heavy atom. The molecule has 1 fully saturated rings. The Bertz CT molecular complexity index is 673. The van der Waals surface area contributed by atoms with Gasteiger partial charge in [0.25, 0.3) is 0 Å². The maximum Gasteiger partial charge on any atom is 0.308 e. The van der Waals surface area contributed by atoms with Crippen molar-refractivity contribution in [3.8, 4) is 0 Å². The lowest BCUT2D eigenvalue weighted by atomic mass is 10.1. The van der Waals surface area contributed by atoms with Crippen LogP contribution in [0.5, 0.6) is 0 Å². The lowest BCUT2D eigenvalue weighted by Gasteiger charge is -2.36. The maximum absolute atomic E-state index is 12.4. The smallest absolute Gasteiger partial charge is 0.308 e. The highest BCUT2D eigenvalue weighted by Crippen LogP contribution is 2.12. The molecule has 0 spiro atoms. The predicted octanol–water partition coefficient (Wildman–Crippen LogP) is 3.00. The molecule has 0 aliphatic carbocycles. The Kier molecular flexibility index (Phi) is 15.9. The van der Waals surface area contributed by atoms with Gasteiger partial charge in [0.05, 0.1) is 26.1 Å². The monoisotopic (exact) mass is 499 g/mol. The van der Waals surface area contributed by atoms with Gasteiger partial charge in [0.15, 0.2) is 5.11 Å². The summed E-state index contributed by atoms with van der Waals surface area (Å²) < 4.78 is 10.3. The van der Waals surface area contributed by atoms with Crippen LogP contribution in [-0.2, 0) is 28.7 Å². The molecule has 34 heavy (non-hydrogen) atoms. The van der Waals surface area contributed by atoms with Crippen molar-refractivity contribution in [2.75, 3.05) is 26.3 Å². The average molecular weight is 500 g/mol. The number of rotatable bonds is 16. The first-order valence-corrected chi connectivity index (χ1v) is 13.0. The molecule has 9 nitrogen and oxygen atoms in total. The molecule has 10 heteroatoms. The molecule has 0 aromatic heterocycles. The van der Waals surface area contributed by atoms with Crippen molar-refractivity contribution >= 4 is 41.1 Å². The van der Waals surface area contributed by atoms with Gasteiger partial charge in [-0.05, 0) is 25.1 Å². The lowest BCUT2D eigenvalue weighted by molar-refractivity contribution is -0.147. The predicted molar refractivity (Wildman–Crippen MR) is 133 cm³/mol. The third kappa shape index (κ3) is 12.9. The normalized spacial score (nSPS) is 15.4. The summed E-state index contributed by atoms with van der Waals surface area (Å²) in [5.74, 6) is -1.70. The van der Waals surface area contributed by atoms with Gasteiger partial charge in [-0.1, -0.05) is 58.8 Å². The van der Waals surface area contributed by atoms with Crippen LogP contribution in [0.2, 0.25) is 0 Å². The highest BCUT2D eigenvalue weighted by atomic mass is 32.1. The lowest BCUT2D eigenvalue weighted by Crippen LogP contribution is -2.60. The fraction of sp³-hybridized carbons (Fsp3) is 0.792. The molecule has 2 amide bonds. The van der Waals surface area contributed by atoms with Crippen LogP contribution in [0, 0.1) is 0 Å². The van der Waals surface area contributed by atoms with Gasteiger partial charge in [0.2, 0.25) is 11.8 Å². The van der Waals surface area contributed by atoms with Crippen LogP contribution in [0.4, 0.5) is 0 Å². The number of ether oxygens (including phenoxy) is 2. The van der Waals surface area contributed by atoms with Crippen molar-refractivity contribution in [3.05, 3.63) is 0 Å². The molecular formula is C24H41N3O6S. The Morgan fingerprint density at radius 1 is 0.941 bits per heavy atom. The highest BCUT2D eigenvalue weighted by Gasteiger charge is 2.34. The summed E-state index contributed by atoms with van der Waals surface area (Å²) in [6.07, 6.45) is 9.62. The second-order valence-electron chi connectivity index (χ2n) is 8.47. The van der Waals surface area contributed by atoms with E-state index in [1.54, 1.807) is 0 Å². The molecule has 1 aliphatic heterocycles. The van der Waals surface area contributed by atoms with E-state index < -0.39 is 23.9 Å². The maximum atomic E-state index is 12.4. The van der Waals surface area contributed by atoms with Gasteiger partial charge in [-0.15, -0.1) is 0 Å². The third-order valence-corrected chi connectivity index (χ3v) is 5.82. The van der Waals surface area contributed by atoms with Gasteiger partial charge in [0.1, 0.15) is 6.04 Å². The molecular weight excluding hydrogens is 458 g/mol. The van der Waals surface area contributed by atoms with Crippen molar-refractivity contribution in [2.45, 2.75) is 96.9 Å². The fourth-order valence-electron chi connectivity index (χ4n) is 3.56. The van der Waals surface area contributed by atoms with Crippen LogP contribution >= 0.6 is 12.2 Å². The minimum atomic E-state index is -0.845. The van der Waals surface area contributed by atoms with Crippen molar-refractivity contribution in [1.82, 2.24) is 15.5 Å². The number of hydrogen-bond acceptors (Lipinski definition) is 7. The molecule has 194 valence electrons. The first-order chi connectivity index (χ1) is 16.4. The van der Waals surface area contributed by atoms with Crippen LogP contribution in [0.15, 0.2) is 0 Å². The Hall–Kier alpha value is -2.23. The third-order valence-electron chi connectivity index (χ3n) is 5.48. The van der Waals surface area contributed by atoms with Crippen molar-refractivity contribution in [1.29, 1.82) is 0 Å². The van der Waals surface area contributed by atoms with E-state index in [0.29, 0.717) is 32.7 Å². The van der Waals surface area contributed by atoms with E-state index in [1.807, 2.05) is 6.92 Å². The molecule has 0 saturated carbocycles. The van der Waals surface area contributed by atoms with Crippen LogP contribution in [0.25, 0.3) is 0 Å². The quantitative estimate of drug-likeness (QED) is 0.189. The summed E-state index contributed by atoms with van der Waals surface area (Å²) in [6.45, 7) is 5.44. The average Bonchev–Trinajstić information content (AvgIpc) is 2.81. The number of nitrogens with one attached hydrogen (secondary N) is 2. The number of thiocarbonyl (C=S) groups is 1. The summed E-state index contributed by atoms with van der Waals surface area (Å²) in [5, 5.41) is 5.32. The molecule has 1 aliphatic rings.